The first-order valence-electron chi connectivity index (χ1n) is 7.59. The SMILES string of the molecule is CN=C(NCCc1nc(C(F)(F)F)cs1)NCCc1ccccc1F. The number of halogens is 4. The number of aliphatic imine (C=N–C) groups is 1. The fourth-order valence-electron chi connectivity index (χ4n) is 2.08. The average molecular weight is 374 g/mol. The second-order valence-electron chi connectivity index (χ2n) is 5.14. The third-order valence-corrected chi connectivity index (χ3v) is 4.25. The number of hydrogen-bond acceptors (Lipinski definition) is 3. The molecule has 2 N–H and O–H groups in total. The van der Waals surface area contributed by atoms with Crippen LogP contribution < -0.4 is 10.6 Å². The zero-order valence-corrected chi connectivity index (χ0v) is 14.3. The van der Waals surface area contributed by atoms with Gasteiger partial charge in [-0.15, -0.1) is 11.3 Å². The summed E-state index contributed by atoms with van der Waals surface area (Å²) in [4.78, 5) is 7.59. The first kappa shape index (κ1) is 19.2. The lowest BCUT2D eigenvalue weighted by molar-refractivity contribution is -0.140. The second-order valence-corrected chi connectivity index (χ2v) is 6.08. The van der Waals surface area contributed by atoms with Crippen molar-refractivity contribution in [3.8, 4) is 0 Å². The van der Waals surface area contributed by atoms with Crippen LogP contribution in [0.3, 0.4) is 0 Å². The van der Waals surface area contributed by atoms with Crippen molar-refractivity contribution in [2.24, 2.45) is 4.99 Å². The second kappa shape index (κ2) is 8.80. The average Bonchev–Trinajstić information content (AvgIpc) is 3.04. The molecule has 0 saturated carbocycles. The van der Waals surface area contributed by atoms with Crippen LogP contribution in [0.1, 0.15) is 16.3 Å². The van der Waals surface area contributed by atoms with Crippen molar-refractivity contribution in [2.45, 2.75) is 19.0 Å². The predicted molar refractivity (Wildman–Crippen MR) is 90.3 cm³/mol. The maximum absolute atomic E-state index is 13.5. The van der Waals surface area contributed by atoms with Gasteiger partial charge in [-0.3, -0.25) is 4.99 Å². The van der Waals surface area contributed by atoms with E-state index < -0.39 is 11.9 Å². The topological polar surface area (TPSA) is 49.3 Å². The molecular weight excluding hydrogens is 356 g/mol. The Labute approximate surface area is 147 Å². The van der Waals surface area contributed by atoms with Crippen LogP contribution in [-0.4, -0.2) is 31.1 Å². The molecule has 1 aromatic heterocycles. The molecule has 0 radical (unpaired) electrons. The minimum atomic E-state index is -4.41. The Kier molecular flexibility index (Phi) is 6.74. The molecule has 9 heteroatoms. The van der Waals surface area contributed by atoms with Gasteiger partial charge in [0.15, 0.2) is 11.7 Å². The van der Waals surface area contributed by atoms with Crippen molar-refractivity contribution < 1.29 is 17.6 Å². The van der Waals surface area contributed by atoms with Gasteiger partial charge in [-0.25, -0.2) is 9.37 Å². The van der Waals surface area contributed by atoms with Crippen molar-refractivity contribution in [1.82, 2.24) is 15.6 Å². The molecule has 0 aliphatic carbocycles. The van der Waals surface area contributed by atoms with Gasteiger partial charge < -0.3 is 10.6 Å². The summed E-state index contributed by atoms with van der Waals surface area (Å²) in [5.41, 5.74) is -0.257. The van der Waals surface area contributed by atoms with Crippen LogP contribution in [0, 0.1) is 5.82 Å². The third-order valence-electron chi connectivity index (χ3n) is 3.34. The maximum atomic E-state index is 13.5. The fraction of sp³-hybridized carbons (Fsp3) is 0.375. The Morgan fingerprint density at radius 2 is 1.84 bits per heavy atom. The Hall–Kier alpha value is -2.16. The number of thiazole rings is 1. The summed E-state index contributed by atoms with van der Waals surface area (Å²) in [6.07, 6.45) is -3.56. The van der Waals surface area contributed by atoms with Crippen molar-refractivity contribution in [2.75, 3.05) is 20.1 Å². The largest absolute Gasteiger partial charge is 0.434 e. The summed E-state index contributed by atoms with van der Waals surface area (Å²) in [6.45, 7) is 0.875. The van der Waals surface area contributed by atoms with Gasteiger partial charge >= 0.3 is 6.18 Å². The molecule has 0 saturated heterocycles. The minimum absolute atomic E-state index is 0.253. The van der Waals surface area contributed by atoms with E-state index in [1.807, 2.05) is 0 Å². The standard InChI is InChI=1S/C16H18F4N4S/c1-21-15(22-8-6-11-4-2-3-5-12(11)17)23-9-7-14-24-13(10-25-14)16(18,19)20/h2-5,10H,6-9H2,1H3,(H2,21,22,23). The molecule has 2 rings (SSSR count). The number of guanidine groups is 1. The van der Waals surface area contributed by atoms with Gasteiger partial charge in [0.05, 0.1) is 5.01 Å². The summed E-state index contributed by atoms with van der Waals surface area (Å²) in [6, 6.07) is 6.53. The highest BCUT2D eigenvalue weighted by Gasteiger charge is 2.33. The lowest BCUT2D eigenvalue weighted by Crippen LogP contribution is -2.39. The maximum Gasteiger partial charge on any atom is 0.434 e. The molecule has 136 valence electrons. The summed E-state index contributed by atoms with van der Waals surface area (Å²) in [5, 5.41) is 7.45. The van der Waals surface area contributed by atoms with E-state index in [4.69, 9.17) is 0 Å². The molecule has 0 atom stereocenters. The summed E-state index contributed by atoms with van der Waals surface area (Å²) < 4.78 is 51.0. The van der Waals surface area contributed by atoms with Crippen LogP contribution in [0.5, 0.6) is 0 Å². The van der Waals surface area contributed by atoms with E-state index in [9.17, 15) is 17.6 Å². The van der Waals surface area contributed by atoms with Crippen molar-refractivity contribution in [1.29, 1.82) is 0 Å². The van der Waals surface area contributed by atoms with E-state index in [1.54, 1.807) is 25.2 Å². The van der Waals surface area contributed by atoms with E-state index in [1.165, 1.54) is 6.07 Å². The van der Waals surface area contributed by atoms with Gasteiger partial charge in [0, 0.05) is 31.9 Å². The number of rotatable bonds is 6. The van der Waals surface area contributed by atoms with Crippen LogP contribution >= 0.6 is 11.3 Å². The normalized spacial score (nSPS) is 12.3. The molecule has 0 fully saturated rings. The van der Waals surface area contributed by atoms with Crippen LogP contribution in [-0.2, 0) is 19.0 Å². The number of alkyl halides is 3. The van der Waals surface area contributed by atoms with E-state index in [-0.39, 0.29) is 5.82 Å². The van der Waals surface area contributed by atoms with Gasteiger partial charge in [-0.05, 0) is 18.1 Å². The van der Waals surface area contributed by atoms with Crippen LogP contribution in [0.15, 0.2) is 34.6 Å². The fourth-order valence-corrected chi connectivity index (χ4v) is 2.89. The van der Waals surface area contributed by atoms with E-state index in [2.05, 4.69) is 20.6 Å². The number of aromatic nitrogens is 1. The number of hydrogen-bond donors (Lipinski definition) is 2. The predicted octanol–water partition coefficient (Wildman–Crippen LogP) is 3.25. The highest BCUT2D eigenvalue weighted by molar-refractivity contribution is 7.09. The Balaban J connectivity index is 1.73. The molecule has 1 heterocycles. The minimum Gasteiger partial charge on any atom is -0.356 e. The number of benzene rings is 1. The van der Waals surface area contributed by atoms with Crippen molar-refractivity contribution >= 4 is 17.3 Å². The molecular formula is C16H18F4N4S. The van der Waals surface area contributed by atoms with Crippen LogP contribution in [0.4, 0.5) is 17.6 Å². The van der Waals surface area contributed by atoms with Crippen LogP contribution in [0.25, 0.3) is 0 Å². The Morgan fingerprint density at radius 1 is 1.16 bits per heavy atom. The number of nitrogens with one attached hydrogen (secondary N) is 2. The van der Waals surface area contributed by atoms with Gasteiger partial charge in [-0.2, -0.15) is 13.2 Å². The van der Waals surface area contributed by atoms with Gasteiger partial charge in [0.25, 0.3) is 0 Å². The molecule has 0 amide bonds. The molecule has 25 heavy (non-hydrogen) atoms. The Morgan fingerprint density at radius 3 is 2.44 bits per heavy atom. The van der Waals surface area contributed by atoms with E-state index >= 15 is 0 Å². The lowest BCUT2D eigenvalue weighted by atomic mass is 10.1. The molecule has 4 nitrogen and oxygen atoms in total. The van der Waals surface area contributed by atoms with Gasteiger partial charge in [-0.1, -0.05) is 18.2 Å². The monoisotopic (exact) mass is 374 g/mol. The highest BCUT2D eigenvalue weighted by Crippen LogP contribution is 2.29. The first-order valence-corrected chi connectivity index (χ1v) is 8.47. The quantitative estimate of drug-likeness (QED) is 0.464. The van der Waals surface area contributed by atoms with Crippen molar-refractivity contribution in [3.63, 3.8) is 0 Å². The summed E-state index contributed by atoms with van der Waals surface area (Å²) in [7, 11) is 1.59. The molecule has 0 unspecified atom stereocenters. The molecule has 0 spiro atoms. The first-order chi connectivity index (χ1) is 11.9. The van der Waals surface area contributed by atoms with Crippen LogP contribution in [0.2, 0.25) is 0 Å². The lowest BCUT2D eigenvalue weighted by Gasteiger charge is -2.11. The molecule has 1 aromatic carbocycles. The zero-order valence-electron chi connectivity index (χ0n) is 13.5. The van der Waals surface area contributed by atoms with E-state index in [0.29, 0.717) is 42.5 Å². The smallest absolute Gasteiger partial charge is 0.356 e. The highest BCUT2D eigenvalue weighted by atomic mass is 32.1. The molecule has 0 bridgehead atoms. The molecule has 0 aliphatic heterocycles. The van der Waals surface area contributed by atoms with Gasteiger partial charge in [0.1, 0.15) is 5.82 Å². The molecule has 0 aliphatic rings. The van der Waals surface area contributed by atoms with Crippen molar-refractivity contribution in [3.05, 3.63) is 51.7 Å². The molecule has 2 aromatic rings. The Bertz CT molecular complexity index is 712. The number of nitrogens with zero attached hydrogens (tertiary/aromatic N) is 2. The zero-order chi connectivity index (χ0) is 18.3. The van der Waals surface area contributed by atoms with E-state index in [0.717, 1.165) is 16.7 Å². The third kappa shape index (κ3) is 6.00. The summed E-state index contributed by atoms with van der Waals surface area (Å²) in [5.74, 6) is 0.250. The van der Waals surface area contributed by atoms with Gasteiger partial charge in [0.2, 0.25) is 0 Å². The summed E-state index contributed by atoms with van der Waals surface area (Å²) >= 11 is 0.979.